The van der Waals surface area contributed by atoms with E-state index in [2.05, 4.69) is 6.92 Å². The first-order valence-corrected chi connectivity index (χ1v) is 7.24. The first-order valence-electron chi connectivity index (χ1n) is 7.24. The van der Waals surface area contributed by atoms with Crippen LogP contribution in [-0.4, -0.2) is 47.3 Å². The maximum atomic E-state index is 12.4. The SMILES string of the molecule is CCC1COCCN1C(=O)CC1(O)CCCCC1. The largest absolute Gasteiger partial charge is 0.389 e. The van der Waals surface area contributed by atoms with Gasteiger partial charge in [-0.05, 0) is 19.3 Å². The van der Waals surface area contributed by atoms with Gasteiger partial charge >= 0.3 is 0 Å². The Kier molecular flexibility index (Phi) is 4.62. The molecule has 0 radical (unpaired) electrons. The number of aliphatic hydroxyl groups is 1. The lowest BCUT2D eigenvalue weighted by molar-refractivity contribution is -0.146. The first kappa shape index (κ1) is 13.8. The molecule has 1 aliphatic carbocycles. The molecule has 1 saturated carbocycles. The van der Waals surface area contributed by atoms with Crippen LogP contribution in [0.1, 0.15) is 51.9 Å². The van der Waals surface area contributed by atoms with E-state index >= 15 is 0 Å². The number of amides is 1. The molecule has 0 spiro atoms. The normalized spacial score (nSPS) is 28.1. The van der Waals surface area contributed by atoms with Crippen LogP contribution < -0.4 is 0 Å². The molecule has 1 aliphatic heterocycles. The van der Waals surface area contributed by atoms with Crippen molar-refractivity contribution in [3.8, 4) is 0 Å². The highest BCUT2D eigenvalue weighted by Crippen LogP contribution is 2.31. The Morgan fingerprint density at radius 3 is 2.78 bits per heavy atom. The average molecular weight is 255 g/mol. The van der Waals surface area contributed by atoms with Gasteiger partial charge in [0.15, 0.2) is 0 Å². The Hall–Kier alpha value is -0.610. The summed E-state index contributed by atoms with van der Waals surface area (Å²) in [5.74, 6) is 0.106. The van der Waals surface area contributed by atoms with Gasteiger partial charge in [-0.3, -0.25) is 4.79 Å². The monoisotopic (exact) mass is 255 g/mol. The van der Waals surface area contributed by atoms with Crippen molar-refractivity contribution in [1.29, 1.82) is 0 Å². The van der Waals surface area contributed by atoms with Crippen molar-refractivity contribution in [2.24, 2.45) is 0 Å². The lowest BCUT2D eigenvalue weighted by Gasteiger charge is -2.38. The second-order valence-electron chi connectivity index (χ2n) is 5.69. The van der Waals surface area contributed by atoms with E-state index in [9.17, 15) is 9.90 Å². The summed E-state index contributed by atoms with van der Waals surface area (Å²) in [5, 5.41) is 10.5. The molecule has 0 aromatic rings. The van der Waals surface area contributed by atoms with Crippen LogP contribution in [0.4, 0.5) is 0 Å². The summed E-state index contributed by atoms with van der Waals surface area (Å²) in [7, 11) is 0. The quantitative estimate of drug-likeness (QED) is 0.835. The van der Waals surface area contributed by atoms with Crippen molar-refractivity contribution in [2.45, 2.75) is 63.5 Å². The van der Waals surface area contributed by atoms with Crippen LogP contribution in [-0.2, 0) is 9.53 Å². The van der Waals surface area contributed by atoms with Gasteiger partial charge in [0, 0.05) is 6.54 Å². The summed E-state index contributed by atoms with van der Waals surface area (Å²) < 4.78 is 5.41. The highest BCUT2D eigenvalue weighted by Gasteiger charge is 2.35. The fraction of sp³-hybridized carbons (Fsp3) is 0.929. The lowest BCUT2D eigenvalue weighted by Crippen LogP contribution is -2.50. The summed E-state index contributed by atoms with van der Waals surface area (Å²) in [6.45, 7) is 4.02. The maximum Gasteiger partial charge on any atom is 0.225 e. The third-order valence-corrected chi connectivity index (χ3v) is 4.28. The zero-order valence-electron chi connectivity index (χ0n) is 11.4. The minimum absolute atomic E-state index is 0.106. The Bertz CT molecular complexity index is 287. The van der Waals surface area contributed by atoms with Crippen LogP contribution in [0.5, 0.6) is 0 Å². The van der Waals surface area contributed by atoms with Gasteiger partial charge in [-0.15, -0.1) is 0 Å². The Morgan fingerprint density at radius 2 is 2.11 bits per heavy atom. The molecule has 1 atom stereocenters. The summed E-state index contributed by atoms with van der Waals surface area (Å²) in [6.07, 6.45) is 6.05. The van der Waals surface area contributed by atoms with Gasteiger partial charge in [0.25, 0.3) is 0 Å². The molecule has 18 heavy (non-hydrogen) atoms. The number of rotatable bonds is 3. The van der Waals surface area contributed by atoms with Crippen LogP contribution in [0, 0.1) is 0 Å². The van der Waals surface area contributed by atoms with Gasteiger partial charge in [-0.1, -0.05) is 26.2 Å². The van der Waals surface area contributed by atoms with E-state index in [1.165, 1.54) is 6.42 Å². The molecule has 4 heteroatoms. The molecule has 0 bridgehead atoms. The van der Waals surface area contributed by atoms with Gasteiger partial charge in [0.05, 0.1) is 31.3 Å². The zero-order chi connectivity index (χ0) is 13.0. The fourth-order valence-corrected chi connectivity index (χ4v) is 3.09. The third kappa shape index (κ3) is 3.23. The molecule has 4 nitrogen and oxygen atoms in total. The summed E-state index contributed by atoms with van der Waals surface area (Å²) in [6, 6.07) is 0.193. The third-order valence-electron chi connectivity index (χ3n) is 4.28. The minimum Gasteiger partial charge on any atom is -0.389 e. The number of morpholine rings is 1. The number of hydrogen-bond acceptors (Lipinski definition) is 3. The van der Waals surface area contributed by atoms with E-state index in [0.29, 0.717) is 26.2 Å². The standard InChI is InChI=1S/C14H25NO3/c1-2-12-11-18-9-8-15(12)13(16)10-14(17)6-4-3-5-7-14/h12,17H,2-11H2,1H3. The molecule has 0 aromatic heterocycles. The van der Waals surface area contributed by atoms with E-state index < -0.39 is 5.60 Å². The molecule has 104 valence electrons. The molecule has 2 aliphatic rings. The molecule has 0 aromatic carbocycles. The van der Waals surface area contributed by atoms with Gasteiger partial charge in [-0.25, -0.2) is 0 Å². The number of ether oxygens (including phenoxy) is 1. The Balaban J connectivity index is 1.93. The second-order valence-corrected chi connectivity index (χ2v) is 5.69. The average Bonchev–Trinajstić information content (AvgIpc) is 2.39. The zero-order valence-corrected chi connectivity index (χ0v) is 11.4. The summed E-state index contributed by atoms with van der Waals surface area (Å²) in [4.78, 5) is 14.3. The number of carbonyl (C=O) groups is 1. The number of carbonyl (C=O) groups excluding carboxylic acids is 1. The van der Waals surface area contributed by atoms with Crippen LogP contribution in [0.3, 0.4) is 0 Å². The van der Waals surface area contributed by atoms with Crippen molar-refractivity contribution in [3.05, 3.63) is 0 Å². The molecule has 1 heterocycles. The fourth-order valence-electron chi connectivity index (χ4n) is 3.09. The highest BCUT2D eigenvalue weighted by molar-refractivity contribution is 5.77. The van der Waals surface area contributed by atoms with Crippen LogP contribution in [0.25, 0.3) is 0 Å². The smallest absolute Gasteiger partial charge is 0.225 e. The minimum atomic E-state index is -0.744. The molecule has 2 rings (SSSR count). The summed E-state index contributed by atoms with van der Waals surface area (Å²) in [5.41, 5.74) is -0.744. The predicted molar refractivity (Wildman–Crippen MR) is 69.3 cm³/mol. The van der Waals surface area contributed by atoms with E-state index in [1.807, 2.05) is 4.90 Å². The molecule has 1 unspecified atom stereocenters. The molecule has 1 amide bonds. The van der Waals surface area contributed by atoms with Crippen LogP contribution in [0.2, 0.25) is 0 Å². The topological polar surface area (TPSA) is 49.8 Å². The van der Waals surface area contributed by atoms with Gasteiger partial charge in [0.1, 0.15) is 0 Å². The van der Waals surface area contributed by atoms with E-state index in [-0.39, 0.29) is 11.9 Å². The molecule has 1 saturated heterocycles. The van der Waals surface area contributed by atoms with Crippen molar-refractivity contribution in [2.75, 3.05) is 19.8 Å². The van der Waals surface area contributed by atoms with Gasteiger partial charge in [-0.2, -0.15) is 0 Å². The maximum absolute atomic E-state index is 12.4. The van der Waals surface area contributed by atoms with Crippen molar-refractivity contribution < 1.29 is 14.6 Å². The van der Waals surface area contributed by atoms with E-state index in [4.69, 9.17) is 4.74 Å². The van der Waals surface area contributed by atoms with Crippen LogP contribution >= 0.6 is 0 Å². The Morgan fingerprint density at radius 1 is 1.39 bits per heavy atom. The Labute approximate surface area is 109 Å². The second kappa shape index (κ2) is 6.02. The molecular formula is C14H25NO3. The van der Waals surface area contributed by atoms with Gasteiger partial charge in [0.2, 0.25) is 5.91 Å². The predicted octanol–water partition coefficient (Wildman–Crippen LogP) is 1.71. The molecular weight excluding hydrogens is 230 g/mol. The van der Waals surface area contributed by atoms with E-state index in [0.717, 1.165) is 32.1 Å². The van der Waals surface area contributed by atoms with Crippen molar-refractivity contribution in [3.63, 3.8) is 0 Å². The van der Waals surface area contributed by atoms with Crippen molar-refractivity contribution in [1.82, 2.24) is 4.90 Å². The summed E-state index contributed by atoms with van der Waals surface area (Å²) >= 11 is 0. The van der Waals surface area contributed by atoms with Gasteiger partial charge < -0.3 is 14.7 Å². The molecule has 2 fully saturated rings. The van der Waals surface area contributed by atoms with Crippen LogP contribution in [0.15, 0.2) is 0 Å². The lowest BCUT2D eigenvalue weighted by atomic mass is 9.82. The highest BCUT2D eigenvalue weighted by atomic mass is 16.5. The molecule has 1 N–H and O–H groups in total. The van der Waals surface area contributed by atoms with E-state index in [1.54, 1.807) is 0 Å². The first-order chi connectivity index (χ1) is 8.64. The van der Waals surface area contributed by atoms with Crippen molar-refractivity contribution >= 4 is 5.91 Å². The number of hydrogen-bond donors (Lipinski definition) is 1. The number of nitrogens with zero attached hydrogens (tertiary/aromatic N) is 1.